The van der Waals surface area contributed by atoms with Crippen LogP contribution >= 0.6 is 0 Å². The largest absolute Gasteiger partial charge is 0.474 e. The van der Waals surface area contributed by atoms with E-state index in [9.17, 15) is 25.6 Å². The third-order valence-electron chi connectivity index (χ3n) is 7.18. The number of halogens is 2. The first-order valence-corrected chi connectivity index (χ1v) is 16.2. The van der Waals surface area contributed by atoms with Crippen molar-refractivity contribution in [2.75, 3.05) is 28.9 Å². The number of nitrogens with two attached hydrogens (primary N) is 1. The molecule has 9 nitrogen and oxygen atoms in total. The van der Waals surface area contributed by atoms with E-state index in [-0.39, 0.29) is 41.2 Å². The lowest BCUT2D eigenvalue weighted by atomic mass is 10.0. The van der Waals surface area contributed by atoms with Crippen LogP contribution in [0.3, 0.4) is 0 Å². The third-order valence-corrected chi connectivity index (χ3v) is 10.8. The number of nitrogens with zero attached hydrogens (tertiary/aromatic N) is 3. The van der Waals surface area contributed by atoms with Crippen molar-refractivity contribution in [2.24, 2.45) is 0 Å². The van der Waals surface area contributed by atoms with E-state index in [4.69, 9.17) is 10.5 Å². The average molecular weight is 623 g/mol. The van der Waals surface area contributed by atoms with Crippen molar-refractivity contribution in [3.63, 3.8) is 0 Å². The summed E-state index contributed by atoms with van der Waals surface area (Å²) < 4.78 is 85.8. The molecule has 0 saturated heterocycles. The van der Waals surface area contributed by atoms with Crippen molar-refractivity contribution in [2.45, 2.75) is 16.7 Å². The first-order chi connectivity index (χ1) is 20.5. The standard InChI is InChI=1S/C30H24F2N4O5S2/c1-2-42(37,38)23-7-3-18(4-8-23)24-14-20-13-19(5-9-26(20)35-29(24)33)21-15-27-30(34-17-21)41-12-11-36(27)43(39,40)28-10-6-22(31)16-25(28)32/h3-10,13-17H,2,11-12H2,1H3,(H2,33,35). The van der Waals surface area contributed by atoms with Crippen molar-refractivity contribution in [1.82, 2.24) is 9.97 Å². The van der Waals surface area contributed by atoms with Gasteiger partial charge in [0.2, 0.25) is 5.88 Å². The lowest BCUT2D eigenvalue weighted by Gasteiger charge is -2.30. The Labute approximate surface area is 246 Å². The Morgan fingerprint density at radius 3 is 2.37 bits per heavy atom. The molecule has 0 fully saturated rings. The van der Waals surface area contributed by atoms with E-state index in [1.807, 2.05) is 12.1 Å². The van der Waals surface area contributed by atoms with Crippen LogP contribution in [0.15, 0.2) is 88.8 Å². The van der Waals surface area contributed by atoms with Crippen molar-refractivity contribution >= 4 is 42.3 Å². The van der Waals surface area contributed by atoms with Gasteiger partial charge in [-0.3, -0.25) is 4.31 Å². The summed E-state index contributed by atoms with van der Waals surface area (Å²) in [5.74, 6) is -1.76. The molecule has 2 N–H and O–H groups in total. The Morgan fingerprint density at radius 2 is 1.65 bits per heavy atom. The Kier molecular flexibility index (Phi) is 7.01. The third kappa shape index (κ3) is 5.14. The highest BCUT2D eigenvalue weighted by Crippen LogP contribution is 2.38. The summed E-state index contributed by atoms with van der Waals surface area (Å²) in [5, 5.41) is 0.721. The highest BCUT2D eigenvalue weighted by atomic mass is 32.2. The molecule has 0 atom stereocenters. The highest BCUT2D eigenvalue weighted by molar-refractivity contribution is 7.93. The number of nitrogen functional groups attached to an aromatic ring is 1. The normalized spacial score (nSPS) is 13.5. The van der Waals surface area contributed by atoms with Gasteiger partial charge < -0.3 is 10.5 Å². The predicted molar refractivity (Wildman–Crippen MR) is 159 cm³/mol. The van der Waals surface area contributed by atoms with E-state index >= 15 is 0 Å². The number of anilines is 2. The molecule has 0 unspecified atom stereocenters. The Balaban J connectivity index is 1.39. The number of hydrogen-bond acceptors (Lipinski definition) is 8. The second-order valence-electron chi connectivity index (χ2n) is 9.81. The van der Waals surface area contributed by atoms with Crippen molar-refractivity contribution in [3.05, 3.63) is 90.6 Å². The van der Waals surface area contributed by atoms with E-state index in [1.165, 1.54) is 18.3 Å². The van der Waals surface area contributed by atoms with Crippen LogP contribution in [0.2, 0.25) is 0 Å². The zero-order chi connectivity index (χ0) is 30.5. The molecule has 0 bridgehead atoms. The number of sulfonamides is 1. The van der Waals surface area contributed by atoms with Gasteiger partial charge in [-0.2, -0.15) is 0 Å². The summed E-state index contributed by atoms with van der Waals surface area (Å²) in [6.45, 7) is 1.48. The van der Waals surface area contributed by atoms with Gasteiger partial charge in [0.05, 0.1) is 22.7 Å². The zero-order valence-corrected chi connectivity index (χ0v) is 24.3. The molecule has 0 aliphatic carbocycles. The molecule has 0 radical (unpaired) electrons. The maximum absolute atomic E-state index is 14.5. The Bertz CT molecular complexity index is 2120. The lowest BCUT2D eigenvalue weighted by molar-refractivity contribution is 0.303. The van der Waals surface area contributed by atoms with Crippen LogP contribution in [0, 0.1) is 11.6 Å². The number of hydrogen-bond donors (Lipinski definition) is 1. The number of sulfone groups is 1. The SMILES string of the molecule is CCS(=O)(=O)c1ccc(-c2cc3cc(-c4cnc5c(c4)N(S(=O)(=O)c4ccc(F)cc4F)CCO5)ccc3nc2N)cc1. The molecule has 3 heterocycles. The van der Waals surface area contributed by atoms with Gasteiger partial charge in [-0.15, -0.1) is 0 Å². The predicted octanol–water partition coefficient (Wildman–Crippen LogP) is 5.21. The lowest BCUT2D eigenvalue weighted by Crippen LogP contribution is -2.38. The number of rotatable bonds is 6. The Morgan fingerprint density at radius 1 is 0.907 bits per heavy atom. The molecule has 1 aliphatic heterocycles. The summed E-state index contributed by atoms with van der Waals surface area (Å²) in [5.41, 5.74) is 9.52. The quantitative estimate of drug-likeness (QED) is 0.273. The van der Waals surface area contributed by atoms with Crippen molar-refractivity contribution < 1.29 is 30.4 Å². The van der Waals surface area contributed by atoms with Crippen LogP contribution in [0.4, 0.5) is 20.3 Å². The molecular weight excluding hydrogens is 598 g/mol. The van der Waals surface area contributed by atoms with Crippen LogP contribution in [0.5, 0.6) is 5.88 Å². The van der Waals surface area contributed by atoms with Gasteiger partial charge in [0.25, 0.3) is 10.0 Å². The molecule has 6 rings (SSSR count). The number of aromatic nitrogens is 2. The van der Waals surface area contributed by atoms with Gasteiger partial charge >= 0.3 is 0 Å². The maximum atomic E-state index is 14.5. The summed E-state index contributed by atoms with van der Waals surface area (Å²) in [6, 6.07) is 17.5. The average Bonchev–Trinajstić information content (AvgIpc) is 2.99. The van der Waals surface area contributed by atoms with Crippen molar-refractivity contribution in [1.29, 1.82) is 0 Å². The molecule has 5 aromatic rings. The minimum absolute atomic E-state index is 0.00140. The van der Waals surface area contributed by atoms with E-state index in [2.05, 4.69) is 9.97 Å². The van der Waals surface area contributed by atoms with E-state index in [0.29, 0.717) is 33.8 Å². The van der Waals surface area contributed by atoms with Crippen molar-refractivity contribution in [3.8, 4) is 28.1 Å². The molecule has 0 spiro atoms. The molecule has 43 heavy (non-hydrogen) atoms. The number of benzene rings is 3. The smallest absolute Gasteiger partial charge is 0.267 e. The molecular formula is C30H24F2N4O5S2. The number of pyridine rings is 2. The minimum atomic E-state index is -4.40. The van der Waals surface area contributed by atoms with Crippen LogP contribution < -0.4 is 14.8 Å². The maximum Gasteiger partial charge on any atom is 0.267 e. The molecule has 220 valence electrons. The van der Waals surface area contributed by atoms with Crippen LogP contribution in [-0.4, -0.2) is 45.7 Å². The monoisotopic (exact) mass is 622 g/mol. The van der Waals surface area contributed by atoms with E-state index in [1.54, 1.807) is 37.3 Å². The van der Waals surface area contributed by atoms with Gasteiger partial charge in [0.1, 0.15) is 34.6 Å². The minimum Gasteiger partial charge on any atom is -0.474 e. The van der Waals surface area contributed by atoms with Gasteiger partial charge in [0, 0.05) is 28.8 Å². The fraction of sp³-hybridized carbons (Fsp3) is 0.133. The van der Waals surface area contributed by atoms with Gasteiger partial charge in [-0.05, 0) is 59.7 Å². The van der Waals surface area contributed by atoms with E-state index in [0.717, 1.165) is 21.8 Å². The second-order valence-corrected chi connectivity index (χ2v) is 13.9. The summed E-state index contributed by atoms with van der Waals surface area (Å²) in [4.78, 5) is 8.39. The molecule has 0 amide bonds. The first kappa shape index (κ1) is 28.5. The highest BCUT2D eigenvalue weighted by Gasteiger charge is 2.33. The molecule has 0 saturated carbocycles. The summed E-state index contributed by atoms with van der Waals surface area (Å²) >= 11 is 0. The fourth-order valence-corrected chi connectivity index (χ4v) is 7.27. The zero-order valence-electron chi connectivity index (χ0n) is 22.7. The number of fused-ring (bicyclic) bond motifs is 2. The number of ether oxygens (including phenoxy) is 1. The topological polar surface area (TPSA) is 133 Å². The molecule has 13 heteroatoms. The summed E-state index contributed by atoms with van der Waals surface area (Å²) in [7, 11) is -7.76. The van der Waals surface area contributed by atoms with Gasteiger partial charge in [0.15, 0.2) is 9.84 Å². The van der Waals surface area contributed by atoms with E-state index < -0.39 is 36.4 Å². The van der Waals surface area contributed by atoms with Gasteiger partial charge in [-0.25, -0.2) is 35.6 Å². The van der Waals surface area contributed by atoms with Crippen LogP contribution in [0.1, 0.15) is 6.92 Å². The molecule has 3 aromatic carbocycles. The first-order valence-electron chi connectivity index (χ1n) is 13.1. The Hall–Kier alpha value is -4.62. The molecule has 1 aliphatic rings. The molecule has 2 aromatic heterocycles. The fourth-order valence-electron chi connectivity index (χ4n) is 4.90. The van der Waals surface area contributed by atoms with Crippen LogP contribution in [-0.2, 0) is 19.9 Å². The van der Waals surface area contributed by atoms with Crippen LogP contribution in [0.25, 0.3) is 33.2 Å². The summed E-state index contributed by atoms with van der Waals surface area (Å²) in [6.07, 6.45) is 1.53. The second kappa shape index (κ2) is 10.6. The van der Waals surface area contributed by atoms with Gasteiger partial charge in [-0.1, -0.05) is 25.1 Å².